The van der Waals surface area contributed by atoms with E-state index >= 15 is 0 Å². The highest BCUT2D eigenvalue weighted by Crippen LogP contribution is 2.11. The van der Waals surface area contributed by atoms with Crippen molar-refractivity contribution in [2.45, 2.75) is 13.0 Å². The number of nitrogen functional groups attached to an aromatic ring is 1. The van der Waals surface area contributed by atoms with E-state index in [1.165, 1.54) is 0 Å². The van der Waals surface area contributed by atoms with E-state index < -0.39 is 0 Å². The standard InChI is InChI=1S/C13H15N5O/c1-9(10-4-3-7-15-8-10)16-13(19)11-5-2-6-12(17-11)18-14/h2-9H,14H2,1H3,(H,16,19)(H,17,18). The van der Waals surface area contributed by atoms with Gasteiger partial charge in [0, 0.05) is 12.4 Å². The van der Waals surface area contributed by atoms with Gasteiger partial charge in [0.15, 0.2) is 0 Å². The highest BCUT2D eigenvalue weighted by molar-refractivity contribution is 5.92. The summed E-state index contributed by atoms with van der Waals surface area (Å²) in [6.07, 6.45) is 3.41. The lowest BCUT2D eigenvalue weighted by Crippen LogP contribution is -2.27. The fraction of sp³-hybridized carbons (Fsp3) is 0.154. The smallest absolute Gasteiger partial charge is 0.270 e. The zero-order valence-corrected chi connectivity index (χ0v) is 10.5. The van der Waals surface area contributed by atoms with Crippen LogP contribution in [0.25, 0.3) is 0 Å². The molecule has 1 amide bonds. The Labute approximate surface area is 111 Å². The highest BCUT2D eigenvalue weighted by Gasteiger charge is 2.12. The maximum atomic E-state index is 12.0. The van der Waals surface area contributed by atoms with E-state index in [1.54, 1.807) is 30.6 Å². The predicted octanol–water partition coefficient (Wildman–Crippen LogP) is 1.25. The highest BCUT2D eigenvalue weighted by atomic mass is 16.1. The molecule has 0 aliphatic carbocycles. The zero-order valence-electron chi connectivity index (χ0n) is 10.5. The molecule has 0 saturated carbocycles. The first-order chi connectivity index (χ1) is 9.20. The van der Waals surface area contributed by atoms with Crippen LogP contribution >= 0.6 is 0 Å². The van der Waals surface area contributed by atoms with Crippen LogP contribution in [0.5, 0.6) is 0 Å². The Balaban J connectivity index is 2.08. The summed E-state index contributed by atoms with van der Waals surface area (Å²) in [5.41, 5.74) is 3.65. The van der Waals surface area contributed by atoms with Crippen LogP contribution in [0.2, 0.25) is 0 Å². The van der Waals surface area contributed by atoms with Crippen molar-refractivity contribution >= 4 is 11.7 Å². The van der Waals surface area contributed by atoms with Crippen LogP contribution in [0.4, 0.5) is 5.82 Å². The van der Waals surface area contributed by atoms with Gasteiger partial charge < -0.3 is 10.7 Å². The van der Waals surface area contributed by atoms with Gasteiger partial charge in [-0.15, -0.1) is 0 Å². The summed E-state index contributed by atoms with van der Waals surface area (Å²) in [5.74, 6) is 5.45. The van der Waals surface area contributed by atoms with Crippen molar-refractivity contribution in [3.63, 3.8) is 0 Å². The minimum Gasteiger partial charge on any atom is -0.344 e. The maximum absolute atomic E-state index is 12.0. The summed E-state index contributed by atoms with van der Waals surface area (Å²) in [4.78, 5) is 20.1. The third-order valence-electron chi connectivity index (χ3n) is 2.66. The molecule has 6 heteroatoms. The van der Waals surface area contributed by atoms with Crippen molar-refractivity contribution in [3.8, 4) is 0 Å². The number of carbonyl (C=O) groups is 1. The second-order valence-corrected chi connectivity index (χ2v) is 4.03. The summed E-state index contributed by atoms with van der Waals surface area (Å²) in [7, 11) is 0. The third-order valence-corrected chi connectivity index (χ3v) is 2.66. The number of nitrogens with zero attached hydrogens (tertiary/aromatic N) is 2. The number of anilines is 1. The number of hydrogen-bond acceptors (Lipinski definition) is 5. The summed E-state index contributed by atoms with van der Waals surface area (Å²) in [6.45, 7) is 1.89. The Morgan fingerprint density at radius 2 is 2.16 bits per heavy atom. The van der Waals surface area contributed by atoms with Gasteiger partial charge in [-0.3, -0.25) is 9.78 Å². The van der Waals surface area contributed by atoms with Gasteiger partial charge in [0.2, 0.25) is 0 Å². The van der Waals surface area contributed by atoms with Gasteiger partial charge in [-0.05, 0) is 30.7 Å². The molecule has 98 valence electrons. The molecule has 1 atom stereocenters. The molecule has 2 aromatic heterocycles. The normalized spacial score (nSPS) is 11.7. The number of nitrogens with two attached hydrogens (primary N) is 1. The van der Waals surface area contributed by atoms with Gasteiger partial charge in [-0.2, -0.15) is 0 Å². The minimum atomic E-state index is -0.256. The summed E-state index contributed by atoms with van der Waals surface area (Å²) in [6, 6.07) is 8.62. The average molecular weight is 257 g/mol. The lowest BCUT2D eigenvalue weighted by molar-refractivity contribution is 0.0935. The van der Waals surface area contributed by atoms with Crippen molar-refractivity contribution < 1.29 is 4.79 Å². The lowest BCUT2D eigenvalue weighted by atomic mass is 10.1. The lowest BCUT2D eigenvalue weighted by Gasteiger charge is -2.13. The quantitative estimate of drug-likeness (QED) is 0.566. The monoisotopic (exact) mass is 257 g/mol. The number of hydrazine groups is 1. The van der Waals surface area contributed by atoms with Gasteiger partial charge >= 0.3 is 0 Å². The number of nitrogens with one attached hydrogen (secondary N) is 2. The predicted molar refractivity (Wildman–Crippen MR) is 72.2 cm³/mol. The number of aromatic nitrogens is 2. The molecule has 4 N–H and O–H groups in total. The molecule has 0 fully saturated rings. The van der Waals surface area contributed by atoms with Crippen LogP contribution in [-0.4, -0.2) is 15.9 Å². The van der Waals surface area contributed by atoms with Gasteiger partial charge in [0.1, 0.15) is 11.5 Å². The molecule has 0 spiro atoms. The van der Waals surface area contributed by atoms with E-state index in [2.05, 4.69) is 20.7 Å². The van der Waals surface area contributed by atoms with Crippen LogP contribution in [0.1, 0.15) is 29.0 Å². The van der Waals surface area contributed by atoms with Crippen LogP contribution in [0, 0.1) is 0 Å². The Bertz CT molecular complexity index is 558. The van der Waals surface area contributed by atoms with Crippen molar-refractivity contribution in [1.29, 1.82) is 0 Å². The van der Waals surface area contributed by atoms with E-state index in [9.17, 15) is 4.79 Å². The molecular weight excluding hydrogens is 242 g/mol. The van der Waals surface area contributed by atoms with Crippen molar-refractivity contribution in [1.82, 2.24) is 15.3 Å². The molecule has 0 radical (unpaired) electrons. The molecule has 2 heterocycles. The topological polar surface area (TPSA) is 92.9 Å². The number of amides is 1. The van der Waals surface area contributed by atoms with Gasteiger partial charge in [-0.1, -0.05) is 12.1 Å². The number of rotatable bonds is 4. The first-order valence-electron chi connectivity index (χ1n) is 5.85. The third kappa shape index (κ3) is 3.26. The molecule has 19 heavy (non-hydrogen) atoms. The molecule has 0 bridgehead atoms. The zero-order chi connectivity index (χ0) is 13.7. The Morgan fingerprint density at radius 1 is 1.32 bits per heavy atom. The number of carbonyl (C=O) groups excluding carboxylic acids is 1. The molecule has 0 aliphatic heterocycles. The second kappa shape index (κ2) is 5.92. The van der Waals surface area contributed by atoms with E-state index in [-0.39, 0.29) is 11.9 Å². The summed E-state index contributed by atoms with van der Waals surface area (Å²) < 4.78 is 0. The van der Waals surface area contributed by atoms with Gasteiger partial charge in [0.25, 0.3) is 5.91 Å². The fourth-order valence-electron chi connectivity index (χ4n) is 1.63. The number of hydrogen-bond donors (Lipinski definition) is 3. The second-order valence-electron chi connectivity index (χ2n) is 4.03. The summed E-state index contributed by atoms with van der Waals surface area (Å²) in [5, 5.41) is 2.85. The van der Waals surface area contributed by atoms with E-state index in [0.29, 0.717) is 11.5 Å². The first kappa shape index (κ1) is 13.0. The van der Waals surface area contributed by atoms with Crippen LogP contribution in [0.15, 0.2) is 42.7 Å². The summed E-state index contributed by atoms with van der Waals surface area (Å²) >= 11 is 0. The van der Waals surface area contributed by atoms with Gasteiger partial charge in [0.05, 0.1) is 6.04 Å². The Morgan fingerprint density at radius 3 is 2.84 bits per heavy atom. The average Bonchev–Trinajstić information content (AvgIpc) is 2.48. The minimum absolute atomic E-state index is 0.141. The maximum Gasteiger partial charge on any atom is 0.270 e. The molecule has 0 aliphatic rings. The van der Waals surface area contributed by atoms with Crippen molar-refractivity contribution in [2.75, 3.05) is 5.43 Å². The molecule has 0 saturated heterocycles. The van der Waals surface area contributed by atoms with Crippen molar-refractivity contribution in [2.24, 2.45) is 5.84 Å². The molecule has 1 unspecified atom stereocenters. The van der Waals surface area contributed by atoms with Crippen LogP contribution in [0.3, 0.4) is 0 Å². The van der Waals surface area contributed by atoms with Gasteiger partial charge in [-0.25, -0.2) is 10.8 Å². The fourth-order valence-corrected chi connectivity index (χ4v) is 1.63. The Hall–Kier alpha value is -2.47. The van der Waals surface area contributed by atoms with Crippen LogP contribution in [-0.2, 0) is 0 Å². The van der Waals surface area contributed by atoms with E-state index in [1.807, 2.05) is 19.1 Å². The SMILES string of the molecule is CC(NC(=O)c1cccc(NN)n1)c1cccnc1. The molecule has 0 aromatic carbocycles. The molecule has 2 aromatic rings. The first-order valence-corrected chi connectivity index (χ1v) is 5.85. The van der Waals surface area contributed by atoms with Crippen molar-refractivity contribution in [3.05, 3.63) is 54.0 Å². The largest absolute Gasteiger partial charge is 0.344 e. The van der Waals surface area contributed by atoms with E-state index in [4.69, 9.17) is 5.84 Å². The molecule has 2 rings (SSSR count). The number of pyridine rings is 2. The Kier molecular flexibility index (Phi) is 4.04. The van der Waals surface area contributed by atoms with Crippen LogP contribution < -0.4 is 16.6 Å². The molecule has 6 nitrogen and oxygen atoms in total. The molecular formula is C13H15N5O. The van der Waals surface area contributed by atoms with E-state index in [0.717, 1.165) is 5.56 Å².